The highest BCUT2D eigenvalue weighted by Crippen LogP contribution is 2.15. The van der Waals surface area contributed by atoms with E-state index in [9.17, 15) is 0 Å². The first kappa shape index (κ1) is 12.5. The molecule has 0 amide bonds. The highest BCUT2D eigenvalue weighted by Gasteiger charge is 2.07. The monoisotopic (exact) mass is 226 g/mol. The summed E-state index contributed by atoms with van der Waals surface area (Å²) in [6.45, 7) is 5.14. The summed E-state index contributed by atoms with van der Waals surface area (Å²) in [4.78, 5) is 8.01. The summed E-state index contributed by atoms with van der Waals surface area (Å²) in [5.74, 6) is 1.31. The van der Waals surface area contributed by atoms with Crippen molar-refractivity contribution < 1.29 is 9.47 Å². The first-order valence-electron chi connectivity index (χ1n) is 5.19. The highest BCUT2D eigenvalue weighted by atomic mass is 16.5. The SMILES string of the molecule is CCNc1cc(OC(C)COC)nc(N)n1. The number of nitrogens with zero attached hydrogens (tertiary/aromatic N) is 2. The van der Waals surface area contributed by atoms with Gasteiger partial charge in [0.2, 0.25) is 11.8 Å². The summed E-state index contributed by atoms with van der Waals surface area (Å²) in [6.07, 6.45) is -0.0752. The van der Waals surface area contributed by atoms with Crippen LogP contribution in [-0.4, -0.2) is 36.3 Å². The van der Waals surface area contributed by atoms with E-state index in [-0.39, 0.29) is 12.1 Å². The number of nitrogens with one attached hydrogen (secondary N) is 1. The van der Waals surface area contributed by atoms with E-state index in [1.807, 2.05) is 13.8 Å². The van der Waals surface area contributed by atoms with Crippen molar-refractivity contribution in [3.63, 3.8) is 0 Å². The van der Waals surface area contributed by atoms with E-state index in [0.717, 1.165) is 6.54 Å². The van der Waals surface area contributed by atoms with E-state index in [2.05, 4.69) is 15.3 Å². The maximum atomic E-state index is 5.57. The standard InChI is InChI=1S/C10H18N4O2/c1-4-12-8-5-9(14-10(11)13-8)16-7(2)6-15-3/h5,7H,4,6H2,1-3H3,(H3,11,12,13,14). The molecule has 1 rings (SSSR count). The van der Waals surface area contributed by atoms with Crippen LogP contribution >= 0.6 is 0 Å². The van der Waals surface area contributed by atoms with Gasteiger partial charge in [0.05, 0.1) is 6.61 Å². The fraction of sp³-hybridized carbons (Fsp3) is 0.600. The smallest absolute Gasteiger partial charge is 0.225 e. The van der Waals surface area contributed by atoms with Crippen LogP contribution in [0.3, 0.4) is 0 Å². The Balaban J connectivity index is 2.71. The maximum absolute atomic E-state index is 5.57. The van der Waals surface area contributed by atoms with Crippen molar-refractivity contribution in [1.82, 2.24) is 9.97 Å². The first-order valence-corrected chi connectivity index (χ1v) is 5.19. The predicted molar refractivity (Wildman–Crippen MR) is 62.6 cm³/mol. The van der Waals surface area contributed by atoms with Gasteiger partial charge in [-0.2, -0.15) is 9.97 Å². The zero-order valence-corrected chi connectivity index (χ0v) is 9.86. The summed E-state index contributed by atoms with van der Waals surface area (Å²) in [7, 11) is 1.62. The second kappa shape index (κ2) is 6.12. The second-order valence-electron chi connectivity index (χ2n) is 3.36. The average Bonchev–Trinajstić information content (AvgIpc) is 2.17. The minimum Gasteiger partial charge on any atom is -0.472 e. The van der Waals surface area contributed by atoms with Crippen LogP contribution in [0, 0.1) is 0 Å². The molecule has 0 radical (unpaired) electrons. The lowest BCUT2D eigenvalue weighted by Gasteiger charge is -2.13. The Morgan fingerprint density at radius 3 is 2.88 bits per heavy atom. The lowest BCUT2D eigenvalue weighted by Crippen LogP contribution is -2.19. The van der Waals surface area contributed by atoms with E-state index < -0.39 is 0 Å². The Kier molecular flexibility index (Phi) is 4.78. The van der Waals surface area contributed by atoms with Crippen LogP contribution in [-0.2, 0) is 4.74 Å². The molecular formula is C10H18N4O2. The van der Waals surface area contributed by atoms with E-state index in [4.69, 9.17) is 15.2 Å². The Morgan fingerprint density at radius 1 is 1.50 bits per heavy atom. The Bertz CT molecular complexity index is 333. The fourth-order valence-electron chi connectivity index (χ4n) is 1.25. The highest BCUT2D eigenvalue weighted by molar-refractivity contribution is 5.42. The van der Waals surface area contributed by atoms with E-state index in [1.54, 1.807) is 13.2 Å². The van der Waals surface area contributed by atoms with Gasteiger partial charge < -0.3 is 20.5 Å². The van der Waals surface area contributed by atoms with Gasteiger partial charge in [0, 0.05) is 19.7 Å². The van der Waals surface area contributed by atoms with Crippen molar-refractivity contribution in [2.75, 3.05) is 31.3 Å². The molecule has 1 aromatic rings. The molecule has 0 aliphatic carbocycles. The topological polar surface area (TPSA) is 82.3 Å². The van der Waals surface area contributed by atoms with Crippen molar-refractivity contribution in [2.24, 2.45) is 0 Å². The number of ether oxygens (including phenoxy) is 2. The van der Waals surface area contributed by atoms with Crippen LogP contribution in [0.4, 0.5) is 11.8 Å². The summed E-state index contributed by atoms with van der Waals surface area (Å²) < 4.78 is 10.5. The third-order valence-electron chi connectivity index (χ3n) is 1.80. The molecule has 0 bridgehead atoms. The molecule has 6 heteroatoms. The van der Waals surface area contributed by atoms with Gasteiger partial charge in [-0.25, -0.2) is 0 Å². The van der Waals surface area contributed by atoms with Crippen LogP contribution in [0.5, 0.6) is 5.88 Å². The van der Waals surface area contributed by atoms with Crippen molar-refractivity contribution in [1.29, 1.82) is 0 Å². The van der Waals surface area contributed by atoms with Crippen LogP contribution in [0.25, 0.3) is 0 Å². The Morgan fingerprint density at radius 2 is 2.25 bits per heavy atom. The molecule has 0 aromatic carbocycles. The van der Waals surface area contributed by atoms with Gasteiger partial charge in [-0.15, -0.1) is 0 Å². The molecule has 1 atom stereocenters. The summed E-state index contributed by atoms with van der Waals surface area (Å²) in [6, 6.07) is 1.71. The molecule has 0 aliphatic rings. The zero-order valence-electron chi connectivity index (χ0n) is 9.86. The average molecular weight is 226 g/mol. The lowest BCUT2D eigenvalue weighted by atomic mass is 10.4. The number of nitrogen functional groups attached to an aromatic ring is 1. The van der Waals surface area contributed by atoms with Gasteiger partial charge in [0.25, 0.3) is 0 Å². The van der Waals surface area contributed by atoms with Gasteiger partial charge in [-0.1, -0.05) is 0 Å². The third kappa shape index (κ3) is 3.90. The van der Waals surface area contributed by atoms with Gasteiger partial charge in [0.15, 0.2) is 0 Å². The third-order valence-corrected chi connectivity index (χ3v) is 1.80. The molecule has 16 heavy (non-hydrogen) atoms. The molecule has 0 fully saturated rings. The molecule has 6 nitrogen and oxygen atoms in total. The molecule has 1 aromatic heterocycles. The zero-order chi connectivity index (χ0) is 12.0. The number of aromatic nitrogens is 2. The van der Waals surface area contributed by atoms with E-state index in [1.165, 1.54) is 0 Å². The Hall–Kier alpha value is -1.56. The molecule has 1 heterocycles. The van der Waals surface area contributed by atoms with Gasteiger partial charge >= 0.3 is 0 Å². The maximum Gasteiger partial charge on any atom is 0.225 e. The van der Waals surface area contributed by atoms with Crippen molar-refractivity contribution >= 4 is 11.8 Å². The number of methoxy groups -OCH3 is 1. The number of nitrogens with two attached hydrogens (primary N) is 1. The minimum absolute atomic E-state index is 0.0752. The van der Waals surface area contributed by atoms with Crippen molar-refractivity contribution in [3.05, 3.63) is 6.07 Å². The van der Waals surface area contributed by atoms with Crippen LogP contribution < -0.4 is 15.8 Å². The number of anilines is 2. The predicted octanol–water partition coefficient (Wildman–Crippen LogP) is 0.904. The molecule has 1 unspecified atom stereocenters. The lowest BCUT2D eigenvalue weighted by molar-refractivity contribution is 0.0890. The van der Waals surface area contributed by atoms with Crippen LogP contribution in [0.1, 0.15) is 13.8 Å². The van der Waals surface area contributed by atoms with Crippen molar-refractivity contribution in [3.8, 4) is 5.88 Å². The van der Waals surface area contributed by atoms with Crippen LogP contribution in [0.15, 0.2) is 6.07 Å². The second-order valence-corrected chi connectivity index (χ2v) is 3.36. The van der Waals surface area contributed by atoms with Gasteiger partial charge in [-0.05, 0) is 13.8 Å². The van der Waals surface area contributed by atoms with E-state index in [0.29, 0.717) is 18.3 Å². The quantitative estimate of drug-likeness (QED) is 0.750. The van der Waals surface area contributed by atoms with E-state index >= 15 is 0 Å². The van der Waals surface area contributed by atoms with Gasteiger partial charge in [-0.3, -0.25) is 0 Å². The normalized spacial score (nSPS) is 12.2. The van der Waals surface area contributed by atoms with Crippen LogP contribution in [0.2, 0.25) is 0 Å². The molecule has 3 N–H and O–H groups in total. The summed E-state index contributed by atoms with van der Waals surface area (Å²) >= 11 is 0. The van der Waals surface area contributed by atoms with Gasteiger partial charge in [0.1, 0.15) is 11.9 Å². The van der Waals surface area contributed by atoms with Crippen molar-refractivity contribution in [2.45, 2.75) is 20.0 Å². The molecule has 0 aliphatic heterocycles. The fourth-order valence-corrected chi connectivity index (χ4v) is 1.25. The summed E-state index contributed by atoms with van der Waals surface area (Å²) in [5, 5.41) is 3.05. The minimum atomic E-state index is -0.0752. The number of hydrogen-bond acceptors (Lipinski definition) is 6. The number of rotatable bonds is 6. The Labute approximate surface area is 95.2 Å². The molecule has 0 spiro atoms. The molecule has 0 saturated heterocycles. The first-order chi connectivity index (χ1) is 7.65. The summed E-state index contributed by atoms with van der Waals surface area (Å²) in [5.41, 5.74) is 5.57. The molecule has 0 saturated carbocycles. The largest absolute Gasteiger partial charge is 0.472 e. The molecular weight excluding hydrogens is 208 g/mol. The number of hydrogen-bond donors (Lipinski definition) is 2. The molecule has 90 valence electrons.